The summed E-state index contributed by atoms with van der Waals surface area (Å²) >= 11 is 0. The molecule has 0 atom stereocenters. The fourth-order valence-electron chi connectivity index (χ4n) is 1.45. The maximum absolute atomic E-state index is 11.5. The van der Waals surface area contributed by atoms with Gasteiger partial charge in [-0.1, -0.05) is 35.9 Å². The summed E-state index contributed by atoms with van der Waals surface area (Å²) in [6.45, 7) is 6.03. The van der Waals surface area contributed by atoms with Crippen molar-refractivity contribution in [3.8, 4) is 0 Å². The summed E-state index contributed by atoms with van der Waals surface area (Å²) < 4.78 is 4.97. The molecule has 0 saturated carbocycles. The van der Waals surface area contributed by atoms with E-state index in [1.807, 2.05) is 39.0 Å². The lowest BCUT2D eigenvalue weighted by Crippen LogP contribution is -2.07. The van der Waals surface area contributed by atoms with E-state index in [2.05, 4.69) is 12.1 Å². The van der Waals surface area contributed by atoms with E-state index in [4.69, 9.17) is 4.74 Å². The number of benzene rings is 1. The van der Waals surface area contributed by atoms with Crippen molar-refractivity contribution in [1.82, 2.24) is 0 Å². The first-order valence-corrected chi connectivity index (χ1v) is 5.52. The second-order valence-electron chi connectivity index (χ2n) is 3.79. The SMILES string of the molecule is CCOC(=O)/C(C)=C(\C)Cc1ccccc1. The van der Waals surface area contributed by atoms with Crippen LogP contribution in [0.5, 0.6) is 0 Å². The minimum Gasteiger partial charge on any atom is -0.463 e. The topological polar surface area (TPSA) is 26.3 Å². The average Bonchev–Trinajstić information content (AvgIpc) is 2.29. The molecule has 0 aliphatic heterocycles. The van der Waals surface area contributed by atoms with Crippen LogP contribution in [0.4, 0.5) is 0 Å². The third-order valence-electron chi connectivity index (χ3n) is 2.53. The standard InChI is InChI=1S/C14H18O2/c1-4-16-14(15)12(3)11(2)10-13-8-6-5-7-9-13/h5-9H,4,10H2,1-3H3/b12-11+. The van der Waals surface area contributed by atoms with Gasteiger partial charge in [-0.15, -0.1) is 0 Å². The maximum atomic E-state index is 11.5. The molecule has 0 saturated heterocycles. The molecule has 0 radical (unpaired) electrons. The number of rotatable bonds is 4. The average molecular weight is 218 g/mol. The van der Waals surface area contributed by atoms with Gasteiger partial charge in [-0.3, -0.25) is 0 Å². The summed E-state index contributed by atoms with van der Waals surface area (Å²) in [4.78, 5) is 11.5. The number of carbonyl (C=O) groups excluding carboxylic acids is 1. The minimum absolute atomic E-state index is 0.212. The summed E-state index contributed by atoms with van der Waals surface area (Å²) in [7, 11) is 0. The Kier molecular flexibility index (Phi) is 4.77. The highest BCUT2D eigenvalue weighted by Gasteiger charge is 2.08. The summed E-state index contributed by atoms with van der Waals surface area (Å²) in [6.07, 6.45) is 0.797. The Balaban J connectivity index is 2.73. The number of carbonyl (C=O) groups is 1. The van der Waals surface area contributed by atoms with Gasteiger partial charge in [0.2, 0.25) is 0 Å². The molecule has 0 fully saturated rings. The van der Waals surface area contributed by atoms with Crippen LogP contribution in [0.1, 0.15) is 26.3 Å². The Morgan fingerprint density at radius 3 is 2.38 bits per heavy atom. The highest BCUT2D eigenvalue weighted by atomic mass is 16.5. The zero-order chi connectivity index (χ0) is 12.0. The predicted octanol–water partition coefficient (Wildman–Crippen LogP) is 3.13. The molecule has 1 rings (SSSR count). The van der Waals surface area contributed by atoms with Gasteiger partial charge in [0.15, 0.2) is 0 Å². The van der Waals surface area contributed by atoms with E-state index in [0.717, 1.165) is 12.0 Å². The van der Waals surface area contributed by atoms with Crippen LogP contribution in [0.2, 0.25) is 0 Å². The van der Waals surface area contributed by atoms with Crippen molar-refractivity contribution in [2.24, 2.45) is 0 Å². The summed E-state index contributed by atoms with van der Waals surface area (Å²) in [6, 6.07) is 10.1. The van der Waals surface area contributed by atoms with Crippen LogP contribution in [-0.4, -0.2) is 12.6 Å². The lowest BCUT2D eigenvalue weighted by Gasteiger charge is -2.07. The second-order valence-corrected chi connectivity index (χ2v) is 3.79. The number of hydrogen-bond donors (Lipinski definition) is 0. The molecule has 86 valence electrons. The van der Waals surface area contributed by atoms with E-state index in [1.165, 1.54) is 5.56 Å². The van der Waals surface area contributed by atoms with Gasteiger partial charge in [-0.05, 0) is 32.8 Å². The van der Waals surface area contributed by atoms with Gasteiger partial charge in [0.1, 0.15) is 0 Å². The fraction of sp³-hybridized carbons (Fsp3) is 0.357. The van der Waals surface area contributed by atoms with Crippen molar-refractivity contribution in [2.75, 3.05) is 6.61 Å². The largest absolute Gasteiger partial charge is 0.463 e. The lowest BCUT2D eigenvalue weighted by molar-refractivity contribution is -0.138. The van der Waals surface area contributed by atoms with Gasteiger partial charge in [0.05, 0.1) is 6.61 Å². The maximum Gasteiger partial charge on any atom is 0.333 e. The van der Waals surface area contributed by atoms with E-state index in [-0.39, 0.29) is 5.97 Å². The van der Waals surface area contributed by atoms with Crippen LogP contribution in [0.25, 0.3) is 0 Å². The Morgan fingerprint density at radius 1 is 1.19 bits per heavy atom. The number of esters is 1. The first kappa shape index (κ1) is 12.5. The monoisotopic (exact) mass is 218 g/mol. The van der Waals surface area contributed by atoms with Gasteiger partial charge >= 0.3 is 5.97 Å². The Labute approximate surface area is 96.9 Å². The predicted molar refractivity (Wildman–Crippen MR) is 65.2 cm³/mol. The van der Waals surface area contributed by atoms with Gasteiger partial charge in [-0.2, -0.15) is 0 Å². The van der Waals surface area contributed by atoms with Crippen molar-refractivity contribution in [3.05, 3.63) is 47.0 Å². The summed E-state index contributed by atoms with van der Waals surface area (Å²) in [5, 5.41) is 0. The molecule has 0 unspecified atom stereocenters. The van der Waals surface area contributed by atoms with Gasteiger partial charge in [0, 0.05) is 5.57 Å². The van der Waals surface area contributed by atoms with Crippen molar-refractivity contribution >= 4 is 5.97 Å². The third-order valence-corrected chi connectivity index (χ3v) is 2.53. The Morgan fingerprint density at radius 2 is 1.81 bits per heavy atom. The van der Waals surface area contributed by atoms with Crippen LogP contribution in [0.15, 0.2) is 41.5 Å². The lowest BCUT2D eigenvalue weighted by atomic mass is 10.0. The summed E-state index contributed by atoms with van der Waals surface area (Å²) in [5.74, 6) is -0.212. The molecule has 0 heterocycles. The van der Waals surface area contributed by atoms with E-state index < -0.39 is 0 Å². The zero-order valence-electron chi connectivity index (χ0n) is 10.1. The van der Waals surface area contributed by atoms with Crippen molar-refractivity contribution < 1.29 is 9.53 Å². The van der Waals surface area contributed by atoms with Crippen molar-refractivity contribution in [1.29, 1.82) is 0 Å². The molecule has 0 aromatic heterocycles. The number of ether oxygens (including phenoxy) is 1. The molecule has 0 aliphatic carbocycles. The van der Waals surface area contributed by atoms with Gasteiger partial charge in [0.25, 0.3) is 0 Å². The Bertz CT molecular complexity index is 377. The molecule has 0 spiro atoms. The molecule has 0 aliphatic rings. The molecule has 2 nitrogen and oxygen atoms in total. The first-order chi connectivity index (χ1) is 7.65. The molecule has 1 aromatic carbocycles. The smallest absolute Gasteiger partial charge is 0.333 e. The van der Waals surface area contributed by atoms with Crippen LogP contribution in [0.3, 0.4) is 0 Å². The summed E-state index contributed by atoms with van der Waals surface area (Å²) in [5.41, 5.74) is 2.99. The zero-order valence-corrected chi connectivity index (χ0v) is 10.1. The molecule has 1 aromatic rings. The minimum atomic E-state index is -0.212. The van der Waals surface area contributed by atoms with E-state index in [1.54, 1.807) is 0 Å². The normalized spacial score (nSPS) is 11.9. The highest BCUT2D eigenvalue weighted by molar-refractivity contribution is 5.88. The fourth-order valence-corrected chi connectivity index (χ4v) is 1.45. The molecule has 0 bridgehead atoms. The third kappa shape index (κ3) is 3.54. The van der Waals surface area contributed by atoms with Crippen molar-refractivity contribution in [2.45, 2.75) is 27.2 Å². The van der Waals surface area contributed by atoms with Crippen LogP contribution in [0, 0.1) is 0 Å². The van der Waals surface area contributed by atoms with E-state index in [9.17, 15) is 4.79 Å². The second kappa shape index (κ2) is 6.11. The van der Waals surface area contributed by atoms with Crippen LogP contribution >= 0.6 is 0 Å². The Hall–Kier alpha value is -1.57. The number of allylic oxidation sites excluding steroid dienone is 1. The molecule has 2 heteroatoms. The number of hydrogen-bond acceptors (Lipinski definition) is 2. The quantitative estimate of drug-likeness (QED) is 0.573. The van der Waals surface area contributed by atoms with Gasteiger partial charge in [-0.25, -0.2) is 4.79 Å². The molecule has 0 N–H and O–H groups in total. The molecular formula is C14H18O2. The highest BCUT2D eigenvalue weighted by Crippen LogP contribution is 2.12. The van der Waals surface area contributed by atoms with Crippen molar-refractivity contribution in [3.63, 3.8) is 0 Å². The van der Waals surface area contributed by atoms with Crippen LogP contribution in [-0.2, 0) is 16.0 Å². The van der Waals surface area contributed by atoms with E-state index >= 15 is 0 Å². The van der Waals surface area contributed by atoms with Crippen LogP contribution < -0.4 is 0 Å². The molecule has 16 heavy (non-hydrogen) atoms. The van der Waals surface area contributed by atoms with E-state index in [0.29, 0.717) is 12.2 Å². The first-order valence-electron chi connectivity index (χ1n) is 5.52. The van der Waals surface area contributed by atoms with Gasteiger partial charge < -0.3 is 4.74 Å². The molecular weight excluding hydrogens is 200 g/mol. The molecule has 0 amide bonds.